The van der Waals surface area contributed by atoms with Crippen LogP contribution in [0, 0.1) is 20.8 Å². The standard InChI is InChI=1S/C13H14BrN3O/c1-7-4-5-10(14)11(6-7)15-13(18)12-8(2)16-17-9(12)3/h4-6H,1-3H3,(H,15,18)(H,16,17). The number of carbonyl (C=O) groups excluding carboxylic acids is 1. The molecule has 2 rings (SSSR count). The molecule has 0 aliphatic carbocycles. The lowest BCUT2D eigenvalue weighted by Gasteiger charge is -2.08. The van der Waals surface area contributed by atoms with Crippen LogP contribution in [0.3, 0.4) is 0 Å². The van der Waals surface area contributed by atoms with Crippen LogP contribution in [0.25, 0.3) is 0 Å². The highest BCUT2D eigenvalue weighted by atomic mass is 79.9. The highest BCUT2D eigenvalue weighted by Gasteiger charge is 2.16. The SMILES string of the molecule is Cc1ccc(Br)c(NC(=O)c2c(C)n[nH]c2C)c1. The molecule has 0 radical (unpaired) electrons. The van der Waals surface area contributed by atoms with Crippen molar-refractivity contribution in [3.8, 4) is 0 Å². The number of nitrogens with one attached hydrogen (secondary N) is 2. The zero-order valence-corrected chi connectivity index (χ0v) is 12.1. The monoisotopic (exact) mass is 307 g/mol. The molecule has 0 spiro atoms. The third kappa shape index (κ3) is 2.46. The van der Waals surface area contributed by atoms with Crippen LogP contribution in [0.15, 0.2) is 22.7 Å². The lowest BCUT2D eigenvalue weighted by atomic mass is 10.1. The fraction of sp³-hybridized carbons (Fsp3) is 0.231. The number of amides is 1. The minimum Gasteiger partial charge on any atom is -0.321 e. The smallest absolute Gasteiger partial charge is 0.259 e. The van der Waals surface area contributed by atoms with Crippen molar-refractivity contribution in [1.82, 2.24) is 10.2 Å². The van der Waals surface area contributed by atoms with E-state index >= 15 is 0 Å². The summed E-state index contributed by atoms with van der Waals surface area (Å²) in [6, 6.07) is 5.82. The Morgan fingerprint density at radius 2 is 2.06 bits per heavy atom. The van der Waals surface area contributed by atoms with E-state index in [-0.39, 0.29) is 5.91 Å². The van der Waals surface area contributed by atoms with Gasteiger partial charge in [-0.05, 0) is 54.4 Å². The summed E-state index contributed by atoms with van der Waals surface area (Å²) in [4.78, 5) is 12.2. The highest BCUT2D eigenvalue weighted by molar-refractivity contribution is 9.10. The zero-order chi connectivity index (χ0) is 13.3. The first-order chi connectivity index (χ1) is 8.49. The number of carbonyl (C=O) groups is 1. The van der Waals surface area contributed by atoms with E-state index in [1.165, 1.54) is 0 Å². The summed E-state index contributed by atoms with van der Waals surface area (Å²) in [5.41, 5.74) is 3.93. The van der Waals surface area contributed by atoms with E-state index < -0.39 is 0 Å². The van der Waals surface area contributed by atoms with Gasteiger partial charge in [0.05, 0.1) is 16.9 Å². The molecule has 0 aliphatic heterocycles. The molecule has 94 valence electrons. The summed E-state index contributed by atoms with van der Waals surface area (Å²) >= 11 is 3.42. The number of hydrogen-bond donors (Lipinski definition) is 2. The van der Waals surface area contributed by atoms with Gasteiger partial charge in [-0.2, -0.15) is 5.10 Å². The fourth-order valence-electron chi connectivity index (χ4n) is 1.81. The predicted molar refractivity (Wildman–Crippen MR) is 74.9 cm³/mol. The summed E-state index contributed by atoms with van der Waals surface area (Å²) < 4.78 is 0.861. The molecule has 0 saturated carbocycles. The van der Waals surface area contributed by atoms with Crippen LogP contribution in [-0.2, 0) is 0 Å². The number of halogens is 1. The quantitative estimate of drug-likeness (QED) is 0.894. The van der Waals surface area contributed by atoms with Gasteiger partial charge < -0.3 is 5.32 Å². The van der Waals surface area contributed by atoms with Gasteiger partial charge in [0, 0.05) is 10.2 Å². The van der Waals surface area contributed by atoms with Gasteiger partial charge in [-0.15, -0.1) is 0 Å². The van der Waals surface area contributed by atoms with Crippen LogP contribution in [0.1, 0.15) is 27.3 Å². The molecule has 1 aromatic heterocycles. The average molecular weight is 308 g/mol. The number of benzene rings is 1. The predicted octanol–water partition coefficient (Wildman–Crippen LogP) is 3.35. The summed E-state index contributed by atoms with van der Waals surface area (Å²) in [6.07, 6.45) is 0. The molecule has 4 nitrogen and oxygen atoms in total. The highest BCUT2D eigenvalue weighted by Crippen LogP contribution is 2.24. The summed E-state index contributed by atoms with van der Waals surface area (Å²) in [5.74, 6) is -0.148. The van der Waals surface area contributed by atoms with E-state index in [0.29, 0.717) is 11.3 Å². The summed E-state index contributed by atoms with van der Waals surface area (Å²) in [5, 5.41) is 9.72. The Morgan fingerprint density at radius 3 is 2.67 bits per heavy atom. The molecule has 1 amide bonds. The van der Waals surface area contributed by atoms with Crippen molar-refractivity contribution in [2.75, 3.05) is 5.32 Å². The molecule has 0 saturated heterocycles. The van der Waals surface area contributed by atoms with Crippen LogP contribution >= 0.6 is 15.9 Å². The van der Waals surface area contributed by atoms with Gasteiger partial charge >= 0.3 is 0 Å². The number of rotatable bonds is 2. The number of aromatic amines is 1. The maximum atomic E-state index is 12.2. The minimum absolute atomic E-state index is 0.148. The van der Waals surface area contributed by atoms with Crippen LogP contribution in [-0.4, -0.2) is 16.1 Å². The van der Waals surface area contributed by atoms with Gasteiger partial charge in [0.1, 0.15) is 0 Å². The maximum absolute atomic E-state index is 12.2. The topological polar surface area (TPSA) is 57.8 Å². The van der Waals surface area contributed by atoms with Crippen molar-refractivity contribution in [3.05, 3.63) is 45.2 Å². The van der Waals surface area contributed by atoms with Crippen molar-refractivity contribution in [2.24, 2.45) is 0 Å². The summed E-state index contributed by atoms with van der Waals surface area (Å²) in [7, 11) is 0. The van der Waals surface area contributed by atoms with E-state index in [4.69, 9.17) is 0 Å². The number of anilines is 1. The average Bonchev–Trinajstić information content (AvgIpc) is 2.63. The first kappa shape index (κ1) is 12.8. The molecule has 0 aliphatic rings. The molecule has 2 aromatic rings. The largest absolute Gasteiger partial charge is 0.321 e. The first-order valence-electron chi connectivity index (χ1n) is 5.58. The Balaban J connectivity index is 2.30. The van der Waals surface area contributed by atoms with Gasteiger partial charge in [0.25, 0.3) is 5.91 Å². The number of H-pyrrole nitrogens is 1. The molecule has 0 bridgehead atoms. The Labute approximate surface area is 114 Å². The number of nitrogens with zero attached hydrogens (tertiary/aromatic N) is 1. The van der Waals surface area contributed by atoms with Gasteiger partial charge in [-0.25, -0.2) is 0 Å². The van der Waals surface area contributed by atoms with Crippen molar-refractivity contribution in [1.29, 1.82) is 0 Å². The molecule has 0 fully saturated rings. The molecular weight excluding hydrogens is 294 g/mol. The Bertz CT molecular complexity index is 585. The third-order valence-corrected chi connectivity index (χ3v) is 3.42. The van der Waals surface area contributed by atoms with Crippen molar-refractivity contribution in [2.45, 2.75) is 20.8 Å². The molecule has 1 heterocycles. The Hall–Kier alpha value is -1.62. The normalized spacial score (nSPS) is 10.4. The van der Waals surface area contributed by atoms with E-state index in [9.17, 15) is 4.79 Å². The van der Waals surface area contributed by atoms with E-state index in [2.05, 4.69) is 31.4 Å². The lowest BCUT2D eigenvalue weighted by molar-refractivity contribution is 0.102. The second kappa shape index (κ2) is 4.94. The van der Waals surface area contributed by atoms with Gasteiger partial charge in [0.2, 0.25) is 0 Å². The van der Waals surface area contributed by atoms with Crippen LogP contribution in [0.5, 0.6) is 0 Å². The summed E-state index contributed by atoms with van der Waals surface area (Å²) in [6.45, 7) is 5.63. The maximum Gasteiger partial charge on any atom is 0.259 e. The second-order valence-corrected chi connectivity index (χ2v) is 5.10. The van der Waals surface area contributed by atoms with E-state index in [0.717, 1.165) is 21.4 Å². The van der Waals surface area contributed by atoms with Crippen molar-refractivity contribution in [3.63, 3.8) is 0 Å². The fourth-order valence-corrected chi connectivity index (χ4v) is 2.15. The first-order valence-corrected chi connectivity index (χ1v) is 6.37. The third-order valence-electron chi connectivity index (χ3n) is 2.73. The molecule has 1 aromatic carbocycles. The van der Waals surface area contributed by atoms with E-state index in [1.54, 1.807) is 0 Å². The minimum atomic E-state index is -0.148. The molecule has 0 atom stereocenters. The molecule has 2 N–H and O–H groups in total. The number of aryl methyl sites for hydroxylation is 3. The molecule has 0 unspecified atom stereocenters. The zero-order valence-electron chi connectivity index (χ0n) is 10.5. The van der Waals surface area contributed by atoms with Crippen LogP contribution in [0.4, 0.5) is 5.69 Å². The molecular formula is C13H14BrN3O. The van der Waals surface area contributed by atoms with Crippen molar-refractivity contribution < 1.29 is 4.79 Å². The van der Waals surface area contributed by atoms with Gasteiger partial charge in [-0.1, -0.05) is 6.07 Å². The molecule has 18 heavy (non-hydrogen) atoms. The second-order valence-electron chi connectivity index (χ2n) is 4.25. The van der Waals surface area contributed by atoms with Crippen LogP contribution in [0.2, 0.25) is 0 Å². The van der Waals surface area contributed by atoms with Crippen LogP contribution < -0.4 is 5.32 Å². The Kier molecular flexibility index (Phi) is 3.52. The Morgan fingerprint density at radius 1 is 1.33 bits per heavy atom. The van der Waals surface area contributed by atoms with Gasteiger partial charge in [-0.3, -0.25) is 9.89 Å². The van der Waals surface area contributed by atoms with Crippen molar-refractivity contribution >= 4 is 27.5 Å². The van der Waals surface area contributed by atoms with Gasteiger partial charge in [0.15, 0.2) is 0 Å². The van der Waals surface area contributed by atoms with E-state index in [1.807, 2.05) is 39.0 Å². The lowest BCUT2D eigenvalue weighted by Crippen LogP contribution is -2.14. The number of aromatic nitrogens is 2. The number of hydrogen-bond acceptors (Lipinski definition) is 2. The molecule has 5 heteroatoms.